The summed E-state index contributed by atoms with van der Waals surface area (Å²) in [6.45, 7) is 0. The molecule has 0 aromatic heterocycles. The molecule has 0 radical (unpaired) electrons. The van der Waals surface area contributed by atoms with E-state index in [-0.39, 0.29) is 42.5 Å². The van der Waals surface area contributed by atoms with Gasteiger partial charge in [0.2, 0.25) is 11.9 Å². The van der Waals surface area contributed by atoms with Crippen molar-refractivity contribution >= 4 is 35.3 Å². The highest BCUT2D eigenvalue weighted by molar-refractivity contribution is 6.24. The summed E-state index contributed by atoms with van der Waals surface area (Å²) in [7, 11) is 0. The SMILES string of the molecule is NC(=O)C1=C(N=O)C[C@@H]2C[C@@H]3Cc4c(NC(=O)C5CC=NO5)ccc(O)c4C(=O)C3=C(O)[C@]2(O)C1=O. The topological polar surface area (TPSA) is 218 Å². The number of allylic oxidation sites excluding steroid dienone is 2. The number of Topliss-reactive ketones (excluding diaryl/α,β-unsaturated/α-hetero) is 2. The van der Waals surface area contributed by atoms with E-state index in [0.717, 1.165) is 0 Å². The Morgan fingerprint density at radius 3 is 2.61 bits per heavy atom. The molecule has 2 amide bonds. The van der Waals surface area contributed by atoms with Crippen LogP contribution in [0.15, 0.2) is 45.1 Å². The lowest BCUT2D eigenvalue weighted by Gasteiger charge is -2.45. The average molecular weight is 496 g/mol. The van der Waals surface area contributed by atoms with Gasteiger partial charge in [-0.25, -0.2) is 0 Å². The number of aliphatic hydroxyl groups excluding tert-OH is 1. The molecule has 0 spiro atoms. The fourth-order valence-corrected chi connectivity index (χ4v) is 5.49. The number of fused-ring (bicyclic) bond motifs is 3. The van der Waals surface area contributed by atoms with Crippen molar-refractivity contribution < 1.29 is 39.3 Å². The molecule has 3 aliphatic carbocycles. The van der Waals surface area contributed by atoms with Crippen LogP contribution in [0, 0.1) is 16.7 Å². The van der Waals surface area contributed by atoms with Crippen molar-refractivity contribution in [2.45, 2.75) is 37.4 Å². The number of primary amides is 1. The number of nitrogens with two attached hydrogens (primary N) is 1. The number of aromatic hydroxyl groups is 1. The van der Waals surface area contributed by atoms with Gasteiger partial charge in [0.25, 0.3) is 11.8 Å². The zero-order chi connectivity index (χ0) is 25.9. The highest BCUT2D eigenvalue weighted by Gasteiger charge is 2.59. The number of hydrogen-bond acceptors (Lipinski definition) is 11. The number of hydrogen-bond donors (Lipinski definition) is 5. The molecule has 36 heavy (non-hydrogen) atoms. The molecule has 1 aliphatic heterocycles. The maximum Gasteiger partial charge on any atom is 0.268 e. The molecular weight excluding hydrogens is 476 g/mol. The van der Waals surface area contributed by atoms with Gasteiger partial charge in [-0.2, -0.15) is 0 Å². The van der Waals surface area contributed by atoms with Gasteiger partial charge in [0.15, 0.2) is 11.4 Å². The van der Waals surface area contributed by atoms with Gasteiger partial charge in [-0.1, -0.05) is 5.16 Å². The molecule has 6 N–H and O–H groups in total. The predicted molar refractivity (Wildman–Crippen MR) is 121 cm³/mol. The van der Waals surface area contributed by atoms with Gasteiger partial charge >= 0.3 is 0 Å². The van der Waals surface area contributed by atoms with Crippen LogP contribution in [-0.4, -0.2) is 56.6 Å². The van der Waals surface area contributed by atoms with Crippen LogP contribution in [0.4, 0.5) is 5.69 Å². The normalized spacial score (nSPS) is 28.8. The molecular formula is C23H20N4O9. The van der Waals surface area contributed by atoms with Crippen molar-refractivity contribution in [2.75, 3.05) is 5.32 Å². The fourth-order valence-electron chi connectivity index (χ4n) is 5.49. The predicted octanol–water partition coefficient (Wildman–Crippen LogP) is 0.502. The first-order valence-corrected chi connectivity index (χ1v) is 11.0. The van der Waals surface area contributed by atoms with Crippen molar-refractivity contribution in [3.63, 3.8) is 0 Å². The average Bonchev–Trinajstić information content (AvgIpc) is 3.37. The lowest BCUT2D eigenvalue weighted by Crippen LogP contribution is -2.57. The monoisotopic (exact) mass is 496 g/mol. The van der Waals surface area contributed by atoms with E-state index in [2.05, 4.69) is 15.6 Å². The second-order valence-electron chi connectivity index (χ2n) is 9.09. The summed E-state index contributed by atoms with van der Waals surface area (Å²) in [5, 5.41) is 41.8. The number of carbonyl (C=O) groups is 4. The number of nitrogens with one attached hydrogen (secondary N) is 1. The number of benzene rings is 1. The number of nitrogens with zero attached hydrogens (tertiary/aromatic N) is 2. The minimum absolute atomic E-state index is 0.0412. The summed E-state index contributed by atoms with van der Waals surface area (Å²) < 4.78 is 0. The van der Waals surface area contributed by atoms with Crippen LogP contribution in [0.1, 0.15) is 35.2 Å². The summed E-state index contributed by atoms with van der Waals surface area (Å²) in [6.07, 6.45) is 0.517. The molecule has 0 fully saturated rings. The van der Waals surface area contributed by atoms with Crippen molar-refractivity contribution in [1.82, 2.24) is 0 Å². The number of carbonyl (C=O) groups excluding carboxylic acids is 4. The number of aliphatic hydroxyl groups is 2. The smallest absolute Gasteiger partial charge is 0.268 e. The molecule has 186 valence electrons. The van der Waals surface area contributed by atoms with Crippen molar-refractivity contribution in [3.05, 3.63) is 50.8 Å². The Morgan fingerprint density at radius 1 is 1.22 bits per heavy atom. The molecule has 0 bridgehead atoms. The van der Waals surface area contributed by atoms with Gasteiger partial charge in [0, 0.05) is 36.2 Å². The summed E-state index contributed by atoms with van der Waals surface area (Å²) in [5.41, 5.74) is 1.31. The Labute approximate surface area is 202 Å². The Balaban J connectivity index is 1.59. The zero-order valence-electron chi connectivity index (χ0n) is 18.6. The number of nitroso groups, excluding NO2 is 1. The number of ketones is 2. The number of phenols is 1. The molecule has 13 nitrogen and oxygen atoms in total. The third-order valence-electron chi connectivity index (χ3n) is 7.19. The van der Waals surface area contributed by atoms with Crippen LogP contribution in [0.5, 0.6) is 5.75 Å². The van der Waals surface area contributed by atoms with E-state index in [9.17, 15) is 39.4 Å². The first-order chi connectivity index (χ1) is 17.1. The lowest BCUT2D eigenvalue weighted by atomic mass is 9.60. The number of rotatable bonds is 4. The first kappa shape index (κ1) is 23.4. The van der Waals surface area contributed by atoms with E-state index in [1.807, 2.05) is 0 Å². The van der Waals surface area contributed by atoms with Crippen LogP contribution < -0.4 is 11.1 Å². The third-order valence-corrected chi connectivity index (χ3v) is 7.19. The summed E-state index contributed by atoms with van der Waals surface area (Å²) >= 11 is 0. The van der Waals surface area contributed by atoms with E-state index >= 15 is 0 Å². The van der Waals surface area contributed by atoms with Gasteiger partial charge in [0.05, 0.1) is 5.56 Å². The van der Waals surface area contributed by atoms with Crippen molar-refractivity contribution in [2.24, 2.45) is 27.9 Å². The Morgan fingerprint density at radius 2 is 1.97 bits per heavy atom. The number of phenolic OH excluding ortho intramolecular Hbond substituents is 1. The van der Waals surface area contributed by atoms with Crippen LogP contribution in [0.3, 0.4) is 0 Å². The van der Waals surface area contributed by atoms with Gasteiger partial charge in [-0.3, -0.25) is 19.2 Å². The molecule has 1 unspecified atom stereocenters. The Bertz CT molecular complexity index is 1350. The molecule has 1 aromatic rings. The number of amides is 2. The van der Waals surface area contributed by atoms with Gasteiger partial charge in [0.1, 0.15) is 22.8 Å². The minimum Gasteiger partial charge on any atom is -0.508 e. The molecule has 4 atom stereocenters. The maximum absolute atomic E-state index is 13.5. The standard InChI is InChI=1S/C23H20N4O9/c24-21(32)17-12(27-35)7-9-5-8-6-10-11(26-22(33)14-3-4-25-36-14)1-2-13(28)16(10)18(29)15(8)19(30)23(9,34)20(17)31/h1-2,4,8-9,14,28,30,34H,3,5-7H2,(H2,24,32)(H,26,33)/t8-,9+,14?,23+/m1/s1. The molecule has 0 saturated carbocycles. The number of anilines is 1. The van der Waals surface area contributed by atoms with Crippen LogP contribution in [0.2, 0.25) is 0 Å². The molecule has 1 aromatic carbocycles. The summed E-state index contributed by atoms with van der Waals surface area (Å²) in [4.78, 5) is 67.2. The van der Waals surface area contributed by atoms with Crippen molar-refractivity contribution in [3.8, 4) is 5.75 Å². The second-order valence-corrected chi connectivity index (χ2v) is 9.09. The maximum atomic E-state index is 13.5. The fraction of sp³-hybridized carbons (Fsp3) is 0.348. The Hall–Kier alpha value is -4.39. The number of oxime groups is 1. The molecule has 1 heterocycles. The highest BCUT2D eigenvalue weighted by Crippen LogP contribution is 2.52. The van der Waals surface area contributed by atoms with Crippen molar-refractivity contribution in [1.29, 1.82) is 0 Å². The van der Waals surface area contributed by atoms with Gasteiger partial charge < -0.3 is 31.2 Å². The first-order valence-electron chi connectivity index (χ1n) is 11.0. The highest BCUT2D eigenvalue weighted by atomic mass is 16.6. The lowest BCUT2D eigenvalue weighted by molar-refractivity contribution is -0.143. The third kappa shape index (κ3) is 3.16. The molecule has 13 heteroatoms. The van der Waals surface area contributed by atoms with E-state index in [0.29, 0.717) is 5.56 Å². The van der Waals surface area contributed by atoms with E-state index < -0.39 is 69.7 Å². The van der Waals surface area contributed by atoms with E-state index in [4.69, 9.17) is 10.6 Å². The van der Waals surface area contributed by atoms with Crippen LogP contribution in [0.25, 0.3) is 0 Å². The van der Waals surface area contributed by atoms with E-state index in [1.54, 1.807) is 0 Å². The minimum atomic E-state index is -2.67. The summed E-state index contributed by atoms with van der Waals surface area (Å²) in [5.74, 6) is -7.18. The Kier molecular flexibility index (Phi) is 5.25. The molecule has 0 saturated heterocycles. The van der Waals surface area contributed by atoms with Gasteiger partial charge in [-0.05, 0) is 41.6 Å². The molecule has 4 aliphatic rings. The summed E-state index contributed by atoms with van der Waals surface area (Å²) in [6, 6.07) is 2.61. The quantitative estimate of drug-likeness (QED) is 0.222. The molecule has 5 rings (SSSR count). The zero-order valence-corrected chi connectivity index (χ0v) is 18.6. The van der Waals surface area contributed by atoms with Crippen LogP contribution in [-0.2, 0) is 25.6 Å². The van der Waals surface area contributed by atoms with E-state index in [1.165, 1.54) is 18.3 Å². The van der Waals surface area contributed by atoms with Gasteiger partial charge in [-0.15, -0.1) is 4.91 Å². The second kappa shape index (κ2) is 8.09. The van der Waals surface area contributed by atoms with Crippen LogP contribution >= 0.6 is 0 Å². The largest absolute Gasteiger partial charge is 0.508 e.